The fraction of sp³-hybridized carbons (Fsp3) is 0.480. The van der Waals surface area contributed by atoms with Crippen molar-refractivity contribution in [2.45, 2.75) is 71.1 Å². The monoisotopic (exact) mass is 430 g/mol. The van der Waals surface area contributed by atoms with Crippen molar-refractivity contribution in [3.05, 3.63) is 65.0 Å². The molecule has 1 heterocycles. The molecule has 0 N–H and O–H groups in total. The Balaban J connectivity index is 1.64. The van der Waals surface area contributed by atoms with Crippen LogP contribution in [0.4, 0.5) is 4.39 Å². The number of carbonyl (C=O) groups excluding carboxylic acids is 1. The molecule has 31 heavy (non-hydrogen) atoms. The van der Waals surface area contributed by atoms with E-state index >= 15 is 0 Å². The first-order valence-electron chi connectivity index (χ1n) is 10.5. The molecule has 1 aliphatic rings. The minimum Gasteiger partial charge on any atom is -0.489 e. The number of halogens is 1. The second kappa shape index (κ2) is 9.37. The van der Waals surface area contributed by atoms with Crippen LogP contribution in [-0.2, 0) is 32.0 Å². The number of carbonyl (C=O) groups is 1. The zero-order valence-electron chi connectivity index (χ0n) is 18.9. The molecule has 0 radical (unpaired) electrons. The van der Waals surface area contributed by atoms with Gasteiger partial charge in [-0.3, -0.25) is 4.79 Å². The lowest BCUT2D eigenvalue weighted by molar-refractivity contribution is -0.140. The molecule has 0 spiro atoms. The summed E-state index contributed by atoms with van der Waals surface area (Å²) in [6.07, 6.45) is 1.33. The first-order valence-corrected chi connectivity index (χ1v) is 10.5. The highest BCUT2D eigenvalue weighted by molar-refractivity contribution is 5.69. The van der Waals surface area contributed by atoms with E-state index in [-0.39, 0.29) is 18.4 Å². The first-order chi connectivity index (χ1) is 14.6. The van der Waals surface area contributed by atoms with Gasteiger partial charge >= 0.3 is 5.97 Å². The van der Waals surface area contributed by atoms with Crippen molar-refractivity contribution in [2.24, 2.45) is 0 Å². The molecule has 0 aromatic heterocycles. The van der Waals surface area contributed by atoms with Crippen LogP contribution in [-0.4, -0.2) is 24.3 Å². The van der Waals surface area contributed by atoms with Gasteiger partial charge in [0.25, 0.3) is 0 Å². The lowest BCUT2D eigenvalue weighted by atomic mass is 9.90. The summed E-state index contributed by atoms with van der Waals surface area (Å²) >= 11 is 0. The highest BCUT2D eigenvalue weighted by Crippen LogP contribution is 2.45. The van der Waals surface area contributed by atoms with Crippen LogP contribution < -0.4 is 4.74 Å². The third-order valence-corrected chi connectivity index (χ3v) is 6.00. The van der Waals surface area contributed by atoms with Crippen LogP contribution in [0.5, 0.6) is 5.75 Å². The highest BCUT2D eigenvalue weighted by atomic mass is 19.1. The summed E-state index contributed by atoms with van der Waals surface area (Å²) in [6.45, 7) is 8.14. The van der Waals surface area contributed by atoms with E-state index < -0.39 is 17.5 Å². The Bertz CT molecular complexity index is 889. The van der Waals surface area contributed by atoms with Crippen LogP contribution in [0.2, 0.25) is 0 Å². The molecule has 6 heteroatoms. The van der Waals surface area contributed by atoms with Crippen molar-refractivity contribution in [1.82, 2.24) is 0 Å². The number of ether oxygens (including phenoxy) is 4. The zero-order chi connectivity index (χ0) is 22.6. The van der Waals surface area contributed by atoms with E-state index in [0.29, 0.717) is 17.7 Å². The Morgan fingerprint density at radius 1 is 1.03 bits per heavy atom. The van der Waals surface area contributed by atoms with E-state index in [1.807, 2.05) is 52.0 Å². The minimum absolute atomic E-state index is 0.193. The van der Waals surface area contributed by atoms with Gasteiger partial charge in [-0.1, -0.05) is 18.2 Å². The number of aryl methyl sites for hydroxylation is 1. The second-order valence-corrected chi connectivity index (χ2v) is 8.79. The molecular weight excluding hydrogens is 399 g/mol. The lowest BCUT2D eigenvalue weighted by Crippen LogP contribution is -2.41. The minimum atomic E-state index is -0.582. The Hall–Kier alpha value is -2.44. The fourth-order valence-corrected chi connectivity index (χ4v) is 3.35. The number of hydrogen-bond donors (Lipinski definition) is 0. The summed E-state index contributed by atoms with van der Waals surface area (Å²) in [5.41, 5.74) is 1.60. The molecule has 168 valence electrons. The SMILES string of the molecule is COC(=O)CCCc1ccc(OCc2cc(F)ccc2C2OC(C)(C)C(C)(C)O2)cc1. The van der Waals surface area contributed by atoms with Gasteiger partial charge in [0.1, 0.15) is 18.2 Å². The van der Waals surface area contributed by atoms with E-state index in [4.69, 9.17) is 14.2 Å². The van der Waals surface area contributed by atoms with Gasteiger partial charge < -0.3 is 18.9 Å². The fourth-order valence-electron chi connectivity index (χ4n) is 3.35. The quantitative estimate of drug-likeness (QED) is 0.518. The van der Waals surface area contributed by atoms with Gasteiger partial charge in [-0.2, -0.15) is 0 Å². The number of hydrogen-bond acceptors (Lipinski definition) is 5. The van der Waals surface area contributed by atoms with Gasteiger partial charge in [0.2, 0.25) is 0 Å². The van der Waals surface area contributed by atoms with Gasteiger partial charge in [0, 0.05) is 17.5 Å². The van der Waals surface area contributed by atoms with Gasteiger partial charge in [-0.15, -0.1) is 0 Å². The Labute approximate surface area is 183 Å². The molecule has 1 fully saturated rings. The smallest absolute Gasteiger partial charge is 0.305 e. The van der Waals surface area contributed by atoms with Crippen LogP contribution in [0, 0.1) is 5.82 Å². The maximum absolute atomic E-state index is 13.9. The predicted molar refractivity (Wildman–Crippen MR) is 115 cm³/mol. The Kier molecular flexibility index (Phi) is 7.02. The molecule has 5 nitrogen and oxygen atoms in total. The molecular formula is C25H31FO5. The molecule has 0 saturated carbocycles. The van der Waals surface area contributed by atoms with Crippen LogP contribution in [0.15, 0.2) is 42.5 Å². The molecule has 1 aliphatic heterocycles. The number of esters is 1. The molecule has 3 rings (SSSR count). The number of benzene rings is 2. The van der Waals surface area contributed by atoms with E-state index in [9.17, 15) is 9.18 Å². The topological polar surface area (TPSA) is 54.0 Å². The maximum atomic E-state index is 13.9. The second-order valence-electron chi connectivity index (χ2n) is 8.79. The van der Waals surface area contributed by atoms with Crippen LogP contribution in [0.25, 0.3) is 0 Å². The molecule has 0 atom stereocenters. The Morgan fingerprint density at radius 2 is 1.68 bits per heavy atom. The van der Waals surface area contributed by atoms with Crippen molar-refractivity contribution < 1.29 is 28.1 Å². The number of methoxy groups -OCH3 is 1. The molecule has 2 aromatic carbocycles. The molecule has 0 bridgehead atoms. The van der Waals surface area contributed by atoms with E-state index in [1.165, 1.54) is 19.2 Å². The van der Waals surface area contributed by atoms with E-state index in [1.54, 1.807) is 6.07 Å². The first kappa shape index (κ1) is 23.2. The zero-order valence-corrected chi connectivity index (χ0v) is 18.9. The van der Waals surface area contributed by atoms with Gasteiger partial charge in [0.05, 0.1) is 18.3 Å². The van der Waals surface area contributed by atoms with Crippen molar-refractivity contribution in [3.8, 4) is 5.75 Å². The van der Waals surface area contributed by atoms with Gasteiger partial charge in [0.15, 0.2) is 6.29 Å². The van der Waals surface area contributed by atoms with E-state index in [0.717, 1.165) is 24.0 Å². The van der Waals surface area contributed by atoms with Crippen molar-refractivity contribution in [3.63, 3.8) is 0 Å². The molecule has 0 unspecified atom stereocenters. The summed E-state index contributed by atoms with van der Waals surface area (Å²) in [5.74, 6) is 0.147. The lowest BCUT2D eigenvalue weighted by Gasteiger charge is -2.30. The summed E-state index contributed by atoms with van der Waals surface area (Å²) in [5, 5.41) is 0. The number of rotatable bonds is 8. The molecule has 0 aliphatic carbocycles. The summed E-state index contributed by atoms with van der Waals surface area (Å²) in [6, 6.07) is 12.2. The van der Waals surface area contributed by atoms with Gasteiger partial charge in [-0.05, 0) is 70.4 Å². The van der Waals surface area contributed by atoms with Crippen LogP contribution in [0.1, 0.15) is 63.5 Å². The van der Waals surface area contributed by atoms with Crippen molar-refractivity contribution in [2.75, 3.05) is 7.11 Å². The summed E-state index contributed by atoms with van der Waals surface area (Å²) < 4.78 is 36.8. The Morgan fingerprint density at radius 3 is 2.29 bits per heavy atom. The largest absolute Gasteiger partial charge is 0.489 e. The molecule has 1 saturated heterocycles. The average molecular weight is 431 g/mol. The standard InChI is InChI=1S/C25H31FO5/c1-24(2)25(3,4)31-23(30-24)21-14-11-19(26)15-18(21)16-29-20-12-9-17(10-13-20)7-6-8-22(27)28-5/h9-15,23H,6-8,16H2,1-5H3. The van der Waals surface area contributed by atoms with Crippen LogP contribution >= 0.6 is 0 Å². The third kappa shape index (κ3) is 5.63. The highest BCUT2D eigenvalue weighted by Gasteiger charge is 2.49. The molecule has 0 amide bonds. The summed E-state index contributed by atoms with van der Waals surface area (Å²) in [7, 11) is 1.39. The average Bonchev–Trinajstić information content (AvgIpc) is 2.94. The van der Waals surface area contributed by atoms with E-state index in [2.05, 4.69) is 4.74 Å². The van der Waals surface area contributed by atoms with Crippen molar-refractivity contribution >= 4 is 5.97 Å². The third-order valence-electron chi connectivity index (χ3n) is 6.00. The van der Waals surface area contributed by atoms with Crippen LogP contribution in [0.3, 0.4) is 0 Å². The van der Waals surface area contributed by atoms with Gasteiger partial charge in [-0.25, -0.2) is 4.39 Å². The molecule has 2 aromatic rings. The normalized spacial score (nSPS) is 17.5. The summed E-state index contributed by atoms with van der Waals surface area (Å²) in [4.78, 5) is 11.2. The predicted octanol–water partition coefficient (Wildman–Crippen LogP) is 5.50. The maximum Gasteiger partial charge on any atom is 0.305 e. The van der Waals surface area contributed by atoms with Crippen molar-refractivity contribution in [1.29, 1.82) is 0 Å².